The van der Waals surface area contributed by atoms with Crippen LogP contribution in [0.1, 0.15) is 0 Å². The van der Waals surface area contributed by atoms with Gasteiger partial charge < -0.3 is 0 Å². The van der Waals surface area contributed by atoms with Crippen LogP contribution in [0.15, 0.2) is 0 Å². The Morgan fingerprint density at radius 1 is 1.09 bits per heavy atom. The van der Waals surface area contributed by atoms with E-state index in [1.165, 1.54) is 10.1 Å². The molecule has 4 nitrogen and oxygen atoms in total. The van der Waals surface area contributed by atoms with E-state index in [2.05, 4.69) is 0 Å². The molecule has 0 unspecified atom stereocenters. The summed E-state index contributed by atoms with van der Waals surface area (Å²) in [6.07, 6.45) is 0. The van der Waals surface area contributed by atoms with Gasteiger partial charge in [-0.05, 0) is 23.0 Å². The molecule has 0 aliphatic rings. The van der Waals surface area contributed by atoms with Gasteiger partial charge >= 0.3 is 5.84 Å². The molecule has 0 radical (unpaired) electrons. The Kier molecular flexibility index (Phi) is 5.05. The van der Waals surface area contributed by atoms with E-state index < -0.39 is 5.84 Å². The van der Waals surface area contributed by atoms with Crippen molar-refractivity contribution in [3.05, 3.63) is 0 Å². The zero-order chi connectivity index (χ0) is 9.07. The molecular formula is C4H12ClN2O2PS. The molecule has 0 heterocycles. The predicted octanol–water partition coefficient (Wildman–Crippen LogP) is 1.44. The zero-order valence-electron chi connectivity index (χ0n) is 6.94. The molecule has 0 aliphatic heterocycles. The van der Waals surface area contributed by atoms with Crippen LogP contribution in [0.3, 0.4) is 0 Å². The van der Waals surface area contributed by atoms with Gasteiger partial charge in [0.25, 0.3) is 0 Å². The van der Waals surface area contributed by atoms with Crippen LogP contribution >= 0.6 is 17.1 Å². The quantitative estimate of drug-likeness (QED) is 0.525. The second-order valence-electron chi connectivity index (χ2n) is 2.22. The molecule has 0 rings (SSSR count). The lowest BCUT2D eigenvalue weighted by molar-refractivity contribution is -0.0554. The summed E-state index contributed by atoms with van der Waals surface area (Å²) in [4.78, 5) is 0. The number of rotatable bonds is 4. The minimum absolute atomic E-state index is 1.43. The molecule has 0 aliphatic carbocycles. The highest BCUT2D eigenvalue weighted by molar-refractivity contribution is 8.22. The van der Waals surface area contributed by atoms with Gasteiger partial charge in [0.15, 0.2) is 0 Å². The monoisotopic (exact) mass is 218 g/mol. The number of hydrogen-bond donors (Lipinski definition) is 0. The summed E-state index contributed by atoms with van der Waals surface area (Å²) in [5.41, 5.74) is 0. The summed E-state index contributed by atoms with van der Waals surface area (Å²) < 4.78 is 10.0. The van der Waals surface area contributed by atoms with Crippen LogP contribution in [0.2, 0.25) is 0 Å². The van der Waals surface area contributed by atoms with Gasteiger partial charge in [-0.15, -0.1) is 0 Å². The average molecular weight is 219 g/mol. The SMILES string of the molecule is CN(C)OP(=S)(Cl)ON(C)C. The number of hydroxylamine groups is 4. The van der Waals surface area contributed by atoms with Crippen LogP contribution < -0.4 is 0 Å². The van der Waals surface area contributed by atoms with Gasteiger partial charge in [0.05, 0.1) is 0 Å². The molecule has 0 atom stereocenters. The van der Waals surface area contributed by atoms with E-state index >= 15 is 0 Å². The van der Waals surface area contributed by atoms with Crippen molar-refractivity contribution >= 4 is 28.9 Å². The lowest BCUT2D eigenvalue weighted by atomic mass is 11.2. The fourth-order valence-electron chi connectivity index (χ4n) is 0.405. The third-order valence-electron chi connectivity index (χ3n) is 0.522. The number of nitrogens with zero attached hydrogens (tertiary/aromatic N) is 2. The highest BCUT2D eigenvalue weighted by Gasteiger charge is 2.18. The second kappa shape index (κ2) is 4.72. The van der Waals surface area contributed by atoms with E-state index in [9.17, 15) is 0 Å². The maximum Gasteiger partial charge on any atom is 0.315 e. The fraction of sp³-hybridized carbons (Fsp3) is 1.00. The molecule has 0 amide bonds. The molecule has 0 fully saturated rings. The Hall–Kier alpha value is 0.780. The Morgan fingerprint density at radius 3 is 1.55 bits per heavy atom. The van der Waals surface area contributed by atoms with Crippen molar-refractivity contribution in [2.24, 2.45) is 0 Å². The van der Waals surface area contributed by atoms with Crippen molar-refractivity contribution in [1.82, 2.24) is 10.1 Å². The third-order valence-corrected chi connectivity index (χ3v) is 2.34. The van der Waals surface area contributed by atoms with E-state index in [1.54, 1.807) is 28.2 Å². The summed E-state index contributed by atoms with van der Waals surface area (Å²) in [5, 5.41) is 2.86. The molecule has 7 heteroatoms. The van der Waals surface area contributed by atoms with E-state index in [0.29, 0.717) is 0 Å². The van der Waals surface area contributed by atoms with E-state index in [-0.39, 0.29) is 0 Å². The van der Waals surface area contributed by atoms with Crippen molar-refractivity contribution in [2.75, 3.05) is 28.2 Å². The van der Waals surface area contributed by atoms with E-state index in [1.807, 2.05) is 0 Å². The van der Waals surface area contributed by atoms with E-state index in [4.69, 9.17) is 32.3 Å². The van der Waals surface area contributed by atoms with Crippen LogP contribution in [-0.4, -0.2) is 38.3 Å². The highest BCUT2D eigenvalue weighted by atomic mass is 35.7. The lowest BCUT2D eigenvalue weighted by Crippen LogP contribution is -2.15. The van der Waals surface area contributed by atoms with Gasteiger partial charge in [-0.3, -0.25) is 0 Å². The summed E-state index contributed by atoms with van der Waals surface area (Å²) in [5.74, 6) is -2.65. The Balaban J connectivity index is 3.91. The van der Waals surface area contributed by atoms with Gasteiger partial charge in [0, 0.05) is 28.2 Å². The van der Waals surface area contributed by atoms with Crippen molar-refractivity contribution in [3.8, 4) is 0 Å². The van der Waals surface area contributed by atoms with Crippen molar-refractivity contribution in [3.63, 3.8) is 0 Å². The summed E-state index contributed by atoms with van der Waals surface area (Å²) in [6, 6.07) is 0. The molecule has 0 bridgehead atoms. The Bertz CT molecular complexity index is 152. The van der Waals surface area contributed by atoms with Gasteiger partial charge in [-0.1, -0.05) is 0 Å². The summed E-state index contributed by atoms with van der Waals surface area (Å²) in [6.45, 7) is 0. The van der Waals surface area contributed by atoms with Gasteiger partial charge in [-0.2, -0.15) is 10.1 Å². The first-order valence-electron chi connectivity index (χ1n) is 2.87. The lowest BCUT2D eigenvalue weighted by Gasteiger charge is -2.21. The molecule has 11 heavy (non-hydrogen) atoms. The Morgan fingerprint density at radius 2 is 1.36 bits per heavy atom. The topological polar surface area (TPSA) is 24.9 Å². The van der Waals surface area contributed by atoms with Gasteiger partial charge in [0.1, 0.15) is 0 Å². The summed E-state index contributed by atoms with van der Waals surface area (Å²) in [7, 11) is 6.79. The summed E-state index contributed by atoms with van der Waals surface area (Å²) >= 11 is 10.6. The standard InChI is InChI=1S/C4H12ClN2O2PS/c1-6(2)8-10(5,11)9-7(3)4/h1-4H3. The van der Waals surface area contributed by atoms with Crippen LogP contribution in [0.5, 0.6) is 0 Å². The van der Waals surface area contributed by atoms with Crippen LogP contribution in [0, 0.1) is 0 Å². The van der Waals surface area contributed by atoms with Crippen LogP contribution in [0.4, 0.5) is 0 Å². The molecule has 0 saturated heterocycles. The van der Waals surface area contributed by atoms with Gasteiger partial charge in [0.2, 0.25) is 0 Å². The maximum absolute atomic E-state index is 5.72. The third kappa shape index (κ3) is 7.15. The molecular weight excluding hydrogens is 207 g/mol. The minimum Gasteiger partial charge on any atom is -0.226 e. The second-order valence-corrected chi connectivity index (χ2v) is 6.79. The minimum atomic E-state index is -2.65. The van der Waals surface area contributed by atoms with Crippen LogP contribution in [0.25, 0.3) is 0 Å². The highest BCUT2D eigenvalue weighted by Crippen LogP contribution is 2.54. The van der Waals surface area contributed by atoms with Gasteiger partial charge in [-0.25, -0.2) is 9.25 Å². The normalized spacial score (nSPS) is 13.0. The number of hydrogen-bond acceptors (Lipinski definition) is 5. The first-order chi connectivity index (χ1) is 4.83. The number of halogens is 1. The largest absolute Gasteiger partial charge is 0.315 e. The average Bonchev–Trinajstić information content (AvgIpc) is 1.53. The van der Waals surface area contributed by atoms with Crippen molar-refractivity contribution < 1.29 is 9.25 Å². The maximum atomic E-state index is 5.72. The smallest absolute Gasteiger partial charge is 0.226 e. The molecule has 0 spiro atoms. The molecule has 0 aromatic carbocycles. The first kappa shape index (κ1) is 11.8. The molecule has 0 saturated carbocycles. The first-order valence-corrected chi connectivity index (χ1v) is 6.41. The van der Waals surface area contributed by atoms with Crippen molar-refractivity contribution in [1.29, 1.82) is 0 Å². The predicted molar refractivity (Wildman–Crippen MR) is 49.7 cm³/mol. The Labute approximate surface area is 76.9 Å². The van der Waals surface area contributed by atoms with E-state index in [0.717, 1.165) is 0 Å². The van der Waals surface area contributed by atoms with Crippen molar-refractivity contribution in [2.45, 2.75) is 0 Å². The molecule has 68 valence electrons. The fourth-order valence-corrected chi connectivity index (χ4v) is 2.76. The molecule has 0 aromatic rings. The zero-order valence-corrected chi connectivity index (χ0v) is 9.41. The molecule has 0 aromatic heterocycles. The van der Waals surface area contributed by atoms with Crippen LogP contribution in [-0.2, 0) is 21.1 Å². The molecule has 0 N–H and O–H groups in total.